The zero-order valence-electron chi connectivity index (χ0n) is 15.6. The van der Waals surface area contributed by atoms with Crippen molar-refractivity contribution in [2.24, 2.45) is 5.84 Å². The first-order valence-corrected chi connectivity index (χ1v) is 9.44. The fraction of sp³-hybridized carbons (Fsp3) is 0.211. The molecular weight excluding hydrogens is 415 g/mol. The summed E-state index contributed by atoms with van der Waals surface area (Å²) in [6.07, 6.45) is 1.99. The van der Waals surface area contributed by atoms with Crippen LogP contribution in [0.1, 0.15) is 6.42 Å². The molecule has 1 aliphatic rings. The zero-order valence-corrected chi connectivity index (χ0v) is 16.4. The monoisotopic (exact) mass is 432 g/mol. The number of anilines is 3. The van der Waals surface area contributed by atoms with Gasteiger partial charge < -0.3 is 20.1 Å². The number of aromatic nitrogens is 2. The predicted molar refractivity (Wildman–Crippen MR) is 110 cm³/mol. The molecule has 1 unspecified atom stereocenters. The van der Waals surface area contributed by atoms with E-state index in [1.165, 1.54) is 24.5 Å². The first-order chi connectivity index (χ1) is 14.5. The van der Waals surface area contributed by atoms with E-state index in [-0.39, 0.29) is 11.1 Å². The van der Waals surface area contributed by atoms with E-state index in [1.54, 1.807) is 12.1 Å². The summed E-state index contributed by atoms with van der Waals surface area (Å²) in [4.78, 5) is 20.4. The normalized spacial score (nSPS) is 15.8. The molecule has 4 rings (SSSR count). The number of halogens is 2. The van der Waals surface area contributed by atoms with Crippen LogP contribution in [0.15, 0.2) is 36.7 Å². The Morgan fingerprint density at radius 3 is 2.90 bits per heavy atom. The second kappa shape index (κ2) is 8.66. The summed E-state index contributed by atoms with van der Waals surface area (Å²) in [7, 11) is 0. The highest BCUT2D eigenvalue weighted by Gasteiger charge is 2.21. The van der Waals surface area contributed by atoms with Crippen LogP contribution in [0.3, 0.4) is 0 Å². The zero-order chi connectivity index (χ0) is 21.1. The number of rotatable bonds is 5. The second-order valence-corrected chi connectivity index (χ2v) is 6.95. The minimum atomic E-state index is -0.612. The summed E-state index contributed by atoms with van der Waals surface area (Å²) in [6, 6.07) is 6.99. The van der Waals surface area contributed by atoms with Crippen molar-refractivity contribution in [2.75, 3.05) is 23.8 Å². The van der Waals surface area contributed by atoms with E-state index >= 15 is 0 Å². The Morgan fingerprint density at radius 2 is 2.17 bits per heavy atom. The lowest BCUT2D eigenvalue weighted by atomic mass is 10.1. The highest BCUT2D eigenvalue weighted by Crippen LogP contribution is 2.35. The Kier molecular flexibility index (Phi) is 5.79. The average molecular weight is 433 g/mol. The molecule has 2 amide bonds. The minimum Gasteiger partial charge on any atom is -0.486 e. The highest BCUT2D eigenvalue weighted by atomic mass is 35.5. The van der Waals surface area contributed by atoms with Crippen LogP contribution >= 0.6 is 11.6 Å². The number of nitrogens with one attached hydrogen (secondary N) is 3. The standard InChI is InChI=1S/C19H18ClFN6O3/c20-13-5-10(1-2-14(13)21)25-18-12-6-16(26-19(28)27-22)17(7-15(12)23-9-24-18)30-11-3-4-29-8-11/h1-2,5-7,9,11H,3-4,8,22H2,(H,23,24,25)(H2,26,27,28). The summed E-state index contributed by atoms with van der Waals surface area (Å²) in [5, 5.41) is 6.30. The van der Waals surface area contributed by atoms with Crippen LogP contribution in [0, 0.1) is 5.82 Å². The molecule has 30 heavy (non-hydrogen) atoms. The molecule has 156 valence electrons. The van der Waals surface area contributed by atoms with Gasteiger partial charge in [-0.15, -0.1) is 0 Å². The van der Waals surface area contributed by atoms with Crippen molar-refractivity contribution < 1.29 is 18.7 Å². The molecule has 1 atom stereocenters. The quantitative estimate of drug-likeness (QED) is 0.277. The van der Waals surface area contributed by atoms with Gasteiger partial charge in [-0.2, -0.15) is 0 Å². The second-order valence-electron chi connectivity index (χ2n) is 6.54. The van der Waals surface area contributed by atoms with Gasteiger partial charge in [0.05, 0.1) is 29.4 Å². The lowest BCUT2D eigenvalue weighted by Crippen LogP contribution is -2.34. The third-order valence-corrected chi connectivity index (χ3v) is 4.77. The van der Waals surface area contributed by atoms with E-state index in [0.29, 0.717) is 47.1 Å². The number of urea groups is 1. The Bertz CT molecular complexity index is 1090. The van der Waals surface area contributed by atoms with E-state index in [1.807, 2.05) is 5.43 Å². The van der Waals surface area contributed by atoms with E-state index in [4.69, 9.17) is 26.9 Å². The number of hydrogen-bond acceptors (Lipinski definition) is 7. The topological polar surface area (TPSA) is 123 Å². The van der Waals surface area contributed by atoms with Crippen molar-refractivity contribution >= 4 is 45.7 Å². The number of carbonyl (C=O) groups excluding carboxylic acids is 1. The van der Waals surface area contributed by atoms with Crippen molar-refractivity contribution in [3.63, 3.8) is 0 Å². The van der Waals surface area contributed by atoms with Crippen molar-refractivity contribution in [3.05, 3.63) is 47.5 Å². The minimum absolute atomic E-state index is 0.0187. The van der Waals surface area contributed by atoms with E-state index in [0.717, 1.165) is 6.42 Å². The fourth-order valence-electron chi connectivity index (χ4n) is 3.03. The maximum Gasteiger partial charge on any atom is 0.333 e. The molecule has 1 aliphatic heterocycles. The molecule has 1 fully saturated rings. The van der Waals surface area contributed by atoms with Gasteiger partial charge in [-0.25, -0.2) is 25.0 Å². The van der Waals surface area contributed by atoms with Gasteiger partial charge in [-0.05, 0) is 24.3 Å². The van der Waals surface area contributed by atoms with Gasteiger partial charge in [0, 0.05) is 23.6 Å². The number of fused-ring (bicyclic) bond motifs is 1. The molecule has 9 nitrogen and oxygen atoms in total. The molecule has 2 heterocycles. The summed E-state index contributed by atoms with van der Waals surface area (Å²) >= 11 is 5.86. The average Bonchev–Trinajstić information content (AvgIpc) is 3.24. The molecule has 1 saturated heterocycles. The van der Waals surface area contributed by atoms with Gasteiger partial charge in [0.15, 0.2) is 0 Å². The molecule has 0 saturated carbocycles. The Labute approximate surface area is 175 Å². The number of hydrogen-bond donors (Lipinski definition) is 4. The molecule has 2 aromatic carbocycles. The summed E-state index contributed by atoms with van der Waals surface area (Å²) in [6.45, 7) is 1.07. The van der Waals surface area contributed by atoms with Gasteiger partial charge in [0.2, 0.25) is 0 Å². The van der Waals surface area contributed by atoms with Crippen molar-refractivity contribution in [1.82, 2.24) is 15.4 Å². The molecule has 3 aromatic rings. The predicted octanol–water partition coefficient (Wildman–Crippen LogP) is 3.33. The first-order valence-electron chi connectivity index (χ1n) is 9.06. The van der Waals surface area contributed by atoms with E-state index in [9.17, 15) is 9.18 Å². The molecule has 1 aromatic heterocycles. The smallest absolute Gasteiger partial charge is 0.333 e. The third-order valence-electron chi connectivity index (χ3n) is 4.48. The number of benzene rings is 2. The Morgan fingerprint density at radius 1 is 1.30 bits per heavy atom. The van der Waals surface area contributed by atoms with Crippen LogP contribution in [-0.2, 0) is 4.74 Å². The SMILES string of the molecule is NNC(=O)Nc1cc2c(Nc3ccc(F)c(Cl)c3)ncnc2cc1OC1CCOC1. The number of amides is 2. The maximum absolute atomic E-state index is 13.4. The van der Waals surface area contributed by atoms with Crippen molar-refractivity contribution in [3.8, 4) is 5.75 Å². The number of hydrazine groups is 1. The summed E-state index contributed by atoms with van der Waals surface area (Å²) in [5.74, 6) is 5.55. The molecule has 0 bridgehead atoms. The van der Waals surface area contributed by atoms with E-state index < -0.39 is 11.8 Å². The summed E-state index contributed by atoms with van der Waals surface area (Å²) in [5.41, 5.74) is 3.52. The number of carbonyl (C=O) groups is 1. The van der Waals surface area contributed by atoms with Crippen molar-refractivity contribution in [1.29, 1.82) is 0 Å². The lowest BCUT2D eigenvalue weighted by Gasteiger charge is -2.18. The van der Waals surface area contributed by atoms with Gasteiger partial charge in [0.25, 0.3) is 0 Å². The van der Waals surface area contributed by atoms with Crippen LogP contribution in [0.2, 0.25) is 5.02 Å². The highest BCUT2D eigenvalue weighted by molar-refractivity contribution is 6.31. The third kappa shape index (κ3) is 4.35. The molecule has 5 N–H and O–H groups in total. The van der Waals surface area contributed by atoms with Crippen LogP contribution in [0.25, 0.3) is 10.9 Å². The van der Waals surface area contributed by atoms with Gasteiger partial charge in [0.1, 0.15) is 29.8 Å². The van der Waals surface area contributed by atoms with Crippen LogP contribution in [0.5, 0.6) is 5.75 Å². The lowest BCUT2D eigenvalue weighted by molar-refractivity contribution is 0.142. The number of ether oxygens (including phenoxy) is 2. The van der Waals surface area contributed by atoms with Gasteiger partial charge in [-0.3, -0.25) is 5.43 Å². The van der Waals surface area contributed by atoms with E-state index in [2.05, 4.69) is 20.6 Å². The molecule has 0 radical (unpaired) electrons. The molecule has 0 spiro atoms. The largest absolute Gasteiger partial charge is 0.486 e. The molecule has 11 heteroatoms. The van der Waals surface area contributed by atoms with Gasteiger partial charge in [-0.1, -0.05) is 11.6 Å². The van der Waals surface area contributed by atoms with Crippen LogP contribution in [-0.4, -0.2) is 35.3 Å². The number of nitrogens with two attached hydrogens (primary N) is 1. The summed E-state index contributed by atoms with van der Waals surface area (Å²) < 4.78 is 24.8. The number of nitrogens with zero attached hydrogens (tertiary/aromatic N) is 2. The van der Waals surface area contributed by atoms with Crippen molar-refractivity contribution in [2.45, 2.75) is 12.5 Å². The van der Waals surface area contributed by atoms with Gasteiger partial charge >= 0.3 is 6.03 Å². The first kappa shape index (κ1) is 20.1. The Hall–Kier alpha value is -3.21. The maximum atomic E-state index is 13.4. The molecule has 0 aliphatic carbocycles. The molecular formula is C19H18ClFN6O3. The van der Waals surface area contributed by atoms with Crippen LogP contribution in [0.4, 0.5) is 26.4 Å². The van der Waals surface area contributed by atoms with Crippen LogP contribution < -0.4 is 26.6 Å². The fourth-order valence-corrected chi connectivity index (χ4v) is 3.21. The Balaban J connectivity index is 1.73.